The van der Waals surface area contributed by atoms with Crippen molar-refractivity contribution in [1.82, 2.24) is 20.6 Å². The Balaban J connectivity index is 1.59. The number of methoxy groups -OCH3 is 1. The molecular formula is C20H18FN5O5. The lowest BCUT2D eigenvalue weighted by molar-refractivity contribution is 0.0950. The summed E-state index contributed by atoms with van der Waals surface area (Å²) in [6, 6.07) is 7.51. The van der Waals surface area contributed by atoms with Crippen LogP contribution in [0.1, 0.15) is 16.2 Å². The number of carbonyl (C=O) groups is 1. The Hall–Kier alpha value is -4.15. The Morgan fingerprint density at radius 3 is 2.77 bits per heavy atom. The number of nitrogens with one attached hydrogen (secondary N) is 1. The molecule has 0 spiro atoms. The summed E-state index contributed by atoms with van der Waals surface area (Å²) in [5, 5.41) is 10.5. The van der Waals surface area contributed by atoms with E-state index in [1.165, 1.54) is 31.6 Å². The van der Waals surface area contributed by atoms with Gasteiger partial charge in [0.2, 0.25) is 0 Å². The number of halogens is 1. The number of ether oxygens (including phenoxy) is 1. The van der Waals surface area contributed by atoms with Crippen LogP contribution in [0.3, 0.4) is 0 Å². The highest BCUT2D eigenvalue weighted by molar-refractivity contribution is 6.04. The highest BCUT2D eigenvalue weighted by Crippen LogP contribution is 2.33. The molecule has 0 radical (unpaired) electrons. The molecule has 0 saturated heterocycles. The van der Waals surface area contributed by atoms with E-state index in [1.807, 2.05) is 0 Å². The minimum absolute atomic E-state index is 0.00668. The Labute approximate surface area is 175 Å². The SMILES string of the molecule is COc1cc(-c2onc(N(C)C)c2C(=O)NCc2noc(-c3ccco3)n2)ccc1F. The number of carbonyl (C=O) groups excluding carboxylic acids is 1. The standard InChI is InChI=1S/C20H18FN5O5/c1-26(2)18-16(17(30-25-18)11-6-7-12(21)14(9-11)28-3)19(27)22-10-15-23-20(31-24-15)13-5-4-8-29-13/h4-9H,10H2,1-3H3,(H,22,27). The third-order valence-electron chi connectivity index (χ3n) is 4.35. The van der Waals surface area contributed by atoms with E-state index in [4.69, 9.17) is 18.2 Å². The summed E-state index contributed by atoms with van der Waals surface area (Å²) in [4.78, 5) is 18.8. The van der Waals surface area contributed by atoms with Crippen molar-refractivity contribution in [3.05, 3.63) is 53.8 Å². The second-order valence-corrected chi connectivity index (χ2v) is 6.63. The van der Waals surface area contributed by atoms with Gasteiger partial charge >= 0.3 is 0 Å². The van der Waals surface area contributed by atoms with E-state index in [-0.39, 0.29) is 35.3 Å². The first-order valence-corrected chi connectivity index (χ1v) is 9.13. The van der Waals surface area contributed by atoms with E-state index < -0.39 is 11.7 Å². The van der Waals surface area contributed by atoms with Gasteiger partial charge in [0.05, 0.1) is 19.9 Å². The molecule has 4 rings (SSSR count). The van der Waals surface area contributed by atoms with E-state index in [2.05, 4.69) is 20.6 Å². The molecule has 31 heavy (non-hydrogen) atoms. The van der Waals surface area contributed by atoms with Gasteiger partial charge in [-0.3, -0.25) is 4.79 Å². The third-order valence-corrected chi connectivity index (χ3v) is 4.35. The van der Waals surface area contributed by atoms with Gasteiger partial charge in [-0.2, -0.15) is 4.98 Å². The molecule has 0 saturated carbocycles. The first-order valence-electron chi connectivity index (χ1n) is 9.13. The van der Waals surface area contributed by atoms with Gasteiger partial charge in [0.15, 0.2) is 34.7 Å². The second-order valence-electron chi connectivity index (χ2n) is 6.63. The van der Waals surface area contributed by atoms with Crippen LogP contribution in [-0.4, -0.2) is 42.4 Å². The molecule has 1 N–H and O–H groups in total. The van der Waals surface area contributed by atoms with E-state index in [9.17, 15) is 9.18 Å². The molecule has 10 nitrogen and oxygen atoms in total. The molecule has 4 aromatic rings. The monoisotopic (exact) mass is 427 g/mol. The summed E-state index contributed by atoms with van der Waals surface area (Å²) < 4.78 is 34.6. The number of hydrogen-bond acceptors (Lipinski definition) is 9. The maximum absolute atomic E-state index is 13.8. The third kappa shape index (κ3) is 3.97. The summed E-state index contributed by atoms with van der Waals surface area (Å²) >= 11 is 0. The lowest BCUT2D eigenvalue weighted by atomic mass is 10.1. The maximum atomic E-state index is 13.8. The zero-order valence-corrected chi connectivity index (χ0v) is 16.9. The fourth-order valence-corrected chi connectivity index (χ4v) is 2.86. The number of rotatable bonds is 7. The van der Waals surface area contributed by atoms with Gasteiger partial charge in [-0.1, -0.05) is 10.3 Å². The number of furan rings is 1. The average Bonchev–Trinajstić information content (AvgIpc) is 3.52. The molecule has 0 fully saturated rings. The summed E-state index contributed by atoms with van der Waals surface area (Å²) in [5.41, 5.74) is 0.608. The highest BCUT2D eigenvalue weighted by atomic mass is 19.1. The van der Waals surface area contributed by atoms with Crippen LogP contribution in [0.25, 0.3) is 23.0 Å². The van der Waals surface area contributed by atoms with E-state index in [0.717, 1.165) is 0 Å². The fraction of sp³-hybridized carbons (Fsp3) is 0.200. The minimum atomic E-state index is -0.533. The largest absolute Gasteiger partial charge is 0.494 e. The van der Waals surface area contributed by atoms with E-state index in [0.29, 0.717) is 17.1 Å². The summed E-state index contributed by atoms with van der Waals surface area (Å²) in [6.45, 7) is -0.00668. The zero-order valence-electron chi connectivity index (χ0n) is 16.9. The van der Waals surface area contributed by atoms with Crippen molar-refractivity contribution >= 4 is 11.7 Å². The van der Waals surface area contributed by atoms with Gasteiger partial charge < -0.3 is 28.4 Å². The first kappa shape index (κ1) is 20.1. The lowest BCUT2D eigenvalue weighted by Gasteiger charge is -2.11. The average molecular weight is 427 g/mol. The number of amides is 1. The van der Waals surface area contributed by atoms with Crippen LogP contribution in [0.4, 0.5) is 10.2 Å². The quantitative estimate of drug-likeness (QED) is 0.474. The maximum Gasteiger partial charge on any atom is 0.293 e. The molecule has 0 aliphatic rings. The Bertz CT molecular complexity index is 1200. The van der Waals surface area contributed by atoms with Gasteiger partial charge in [-0.15, -0.1) is 0 Å². The van der Waals surface area contributed by atoms with Crippen LogP contribution in [0.2, 0.25) is 0 Å². The van der Waals surface area contributed by atoms with Crippen LogP contribution < -0.4 is 15.0 Å². The molecule has 0 atom stereocenters. The second kappa shape index (κ2) is 8.30. The molecule has 1 amide bonds. The Morgan fingerprint density at radius 2 is 2.06 bits per heavy atom. The summed E-state index contributed by atoms with van der Waals surface area (Å²) in [6.07, 6.45) is 1.49. The minimum Gasteiger partial charge on any atom is -0.494 e. The summed E-state index contributed by atoms with van der Waals surface area (Å²) in [7, 11) is 4.79. The van der Waals surface area contributed by atoms with Gasteiger partial charge in [0.25, 0.3) is 11.8 Å². The van der Waals surface area contributed by atoms with Crippen LogP contribution in [0.5, 0.6) is 5.75 Å². The number of benzene rings is 1. The predicted molar refractivity (Wildman–Crippen MR) is 106 cm³/mol. The molecule has 1 aromatic carbocycles. The smallest absolute Gasteiger partial charge is 0.293 e. The number of nitrogens with zero attached hydrogens (tertiary/aromatic N) is 4. The lowest BCUT2D eigenvalue weighted by Crippen LogP contribution is -2.25. The zero-order chi connectivity index (χ0) is 22.0. The molecule has 0 aliphatic heterocycles. The summed E-state index contributed by atoms with van der Waals surface area (Å²) in [5.74, 6) is 0.362. The normalized spacial score (nSPS) is 10.8. The molecule has 0 unspecified atom stereocenters. The Kier molecular flexibility index (Phi) is 5.39. The molecule has 3 aromatic heterocycles. The van der Waals surface area contributed by atoms with Gasteiger partial charge in [-0.05, 0) is 30.3 Å². The Morgan fingerprint density at radius 1 is 1.23 bits per heavy atom. The van der Waals surface area contributed by atoms with Crippen molar-refractivity contribution in [2.24, 2.45) is 0 Å². The van der Waals surface area contributed by atoms with Crippen molar-refractivity contribution < 1.29 is 27.4 Å². The van der Waals surface area contributed by atoms with Gasteiger partial charge in [-0.25, -0.2) is 4.39 Å². The molecule has 0 bridgehead atoms. The molecule has 160 valence electrons. The number of anilines is 1. The van der Waals surface area contributed by atoms with Crippen molar-refractivity contribution in [2.75, 3.05) is 26.1 Å². The van der Waals surface area contributed by atoms with Crippen LogP contribution in [0.15, 0.2) is 50.1 Å². The first-order chi connectivity index (χ1) is 15.0. The molecule has 3 heterocycles. The van der Waals surface area contributed by atoms with Crippen LogP contribution >= 0.6 is 0 Å². The van der Waals surface area contributed by atoms with Crippen LogP contribution in [0, 0.1) is 5.82 Å². The van der Waals surface area contributed by atoms with Crippen LogP contribution in [-0.2, 0) is 6.54 Å². The predicted octanol–water partition coefficient (Wildman–Crippen LogP) is 3.13. The van der Waals surface area contributed by atoms with Crippen molar-refractivity contribution in [3.8, 4) is 28.7 Å². The molecule has 11 heteroatoms. The number of hydrogen-bond donors (Lipinski definition) is 1. The molecule has 0 aliphatic carbocycles. The fourth-order valence-electron chi connectivity index (χ4n) is 2.86. The van der Waals surface area contributed by atoms with Crippen molar-refractivity contribution in [1.29, 1.82) is 0 Å². The van der Waals surface area contributed by atoms with Crippen molar-refractivity contribution in [3.63, 3.8) is 0 Å². The molecular weight excluding hydrogens is 409 g/mol. The van der Waals surface area contributed by atoms with Crippen molar-refractivity contribution in [2.45, 2.75) is 6.54 Å². The van der Waals surface area contributed by atoms with E-state index >= 15 is 0 Å². The number of aromatic nitrogens is 3. The van der Waals surface area contributed by atoms with Gasteiger partial charge in [0.1, 0.15) is 5.56 Å². The van der Waals surface area contributed by atoms with E-state index in [1.54, 1.807) is 31.1 Å². The highest BCUT2D eigenvalue weighted by Gasteiger charge is 2.26. The topological polar surface area (TPSA) is 120 Å². The van der Waals surface area contributed by atoms with Gasteiger partial charge in [0, 0.05) is 19.7 Å².